The van der Waals surface area contributed by atoms with Crippen LogP contribution in [0.2, 0.25) is 0 Å². The minimum atomic E-state index is -0.371. The first kappa shape index (κ1) is 19.5. The lowest BCUT2D eigenvalue weighted by atomic mass is 9.97. The first-order chi connectivity index (χ1) is 12.6. The summed E-state index contributed by atoms with van der Waals surface area (Å²) in [6, 6.07) is 17.1. The SMILES string of the molecule is CC[C@H](C(=O)OCC(=O)NCCc1ccc(OC)cc1)c1ccccc1. The van der Waals surface area contributed by atoms with Crippen molar-refractivity contribution in [2.45, 2.75) is 25.7 Å². The number of ether oxygens (including phenoxy) is 2. The maximum absolute atomic E-state index is 12.2. The highest BCUT2D eigenvalue weighted by molar-refractivity contribution is 5.83. The van der Waals surface area contributed by atoms with Gasteiger partial charge in [0.1, 0.15) is 5.75 Å². The van der Waals surface area contributed by atoms with Crippen LogP contribution in [-0.2, 0) is 20.7 Å². The van der Waals surface area contributed by atoms with E-state index < -0.39 is 0 Å². The monoisotopic (exact) mass is 355 g/mol. The minimum absolute atomic E-state index is 0.259. The number of benzene rings is 2. The van der Waals surface area contributed by atoms with E-state index in [1.165, 1.54) is 0 Å². The van der Waals surface area contributed by atoms with Crippen molar-refractivity contribution in [1.82, 2.24) is 5.32 Å². The fraction of sp³-hybridized carbons (Fsp3) is 0.333. The molecule has 0 saturated carbocycles. The number of carbonyl (C=O) groups excluding carboxylic acids is 2. The first-order valence-corrected chi connectivity index (χ1v) is 8.75. The van der Waals surface area contributed by atoms with Gasteiger partial charge >= 0.3 is 5.97 Å². The Bertz CT molecular complexity index is 698. The fourth-order valence-electron chi connectivity index (χ4n) is 2.65. The smallest absolute Gasteiger partial charge is 0.313 e. The molecule has 5 nitrogen and oxygen atoms in total. The summed E-state index contributed by atoms with van der Waals surface area (Å²) in [7, 11) is 1.62. The van der Waals surface area contributed by atoms with E-state index in [0.717, 1.165) is 16.9 Å². The molecule has 2 aromatic rings. The van der Waals surface area contributed by atoms with Crippen LogP contribution in [0.4, 0.5) is 0 Å². The molecule has 0 unspecified atom stereocenters. The molecule has 0 heterocycles. The van der Waals surface area contributed by atoms with Gasteiger partial charge < -0.3 is 14.8 Å². The zero-order valence-electron chi connectivity index (χ0n) is 15.2. The average Bonchev–Trinajstić information content (AvgIpc) is 2.68. The lowest BCUT2D eigenvalue weighted by Crippen LogP contribution is -2.31. The van der Waals surface area contributed by atoms with E-state index in [0.29, 0.717) is 19.4 Å². The van der Waals surface area contributed by atoms with E-state index in [1.807, 2.05) is 61.5 Å². The molecule has 138 valence electrons. The molecule has 0 aliphatic carbocycles. The number of hydrogen-bond acceptors (Lipinski definition) is 4. The molecule has 0 aromatic heterocycles. The number of amides is 1. The number of rotatable bonds is 9. The number of methoxy groups -OCH3 is 1. The molecule has 2 aromatic carbocycles. The standard InChI is InChI=1S/C21H25NO4/c1-3-19(17-7-5-4-6-8-17)21(24)26-15-20(23)22-14-13-16-9-11-18(25-2)12-10-16/h4-12,19H,3,13-15H2,1-2H3,(H,22,23)/t19-/m0/s1. The van der Waals surface area contributed by atoms with Gasteiger partial charge in [0, 0.05) is 6.54 Å². The summed E-state index contributed by atoms with van der Waals surface area (Å²) in [6.45, 7) is 2.15. The van der Waals surface area contributed by atoms with Gasteiger partial charge in [-0.25, -0.2) is 0 Å². The van der Waals surface area contributed by atoms with Crippen LogP contribution in [0, 0.1) is 0 Å². The van der Waals surface area contributed by atoms with E-state index in [2.05, 4.69) is 5.32 Å². The molecule has 1 N–H and O–H groups in total. The molecule has 0 bridgehead atoms. The Morgan fingerprint density at radius 3 is 2.35 bits per heavy atom. The van der Waals surface area contributed by atoms with Gasteiger partial charge in [-0.15, -0.1) is 0 Å². The van der Waals surface area contributed by atoms with Gasteiger partial charge in [0.25, 0.3) is 5.91 Å². The van der Waals surface area contributed by atoms with Crippen molar-refractivity contribution in [3.05, 3.63) is 65.7 Å². The predicted octanol–water partition coefficient (Wildman–Crippen LogP) is 3.09. The Hall–Kier alpha value is -2.82. The number of nitrogens with one attached hydrogen (secondary N) is 1. The van der Waals surface area contributed by atoms with Crippen LogP contribution in [0.1, 0.15) is 30.4 Å². The predicted molar refractivity (Wildman–Crippen MR) is 100 cm³/mol. The molecule has 1 atom stereocenters. The van der Waals surface area contributed by atoms with Crippen molar-refractivity contribution in [2.24, 2.45) is 0 Å². The highest BCUT2D eigenvalue weighted by Gasteiger charge is 2.20. The molecular weight excluding hydrogens is 330 g/mol. The van der Waals surface area contributed by atoms with Gasteiger partial charge in [-0.3, -0.25) is 9.59 Å². The van der Waals surface area contributed by atoms with Gasteiger partial charge in [0.2, 0.25) is 0 Å². The largest absolute Gasteiger partial charge is 0.497 e. The average molecular weight is 355 g/mol. The Labute approximate surface area is 154 Å². The van der Waals surface area contributed by atoms with E-state index in [-0.39, 0.29) is 24.4 Å². The van der Waals surface area contributed by atoms with E-state index in [4.69, 9.17) is 9.47 Å². The van der Waals surface area contributed by atoms with Crippen molar-refractivity contribution in [3.8, 4) is 5.75 Å². The summed E-state index contributed by atoms with van der Waals surface area (Å²) in [5.41, 5.74) is 2.00. The second-order valence-corrected chi connectivity index (χ2v) is 5.93. The summed E-state index contributed by atoms with van der Waals surface area (Å²) < 4.78 is 10.3. The Morgan fingerprint density at radius 1 is 1.04 bits per heavy atom. The number of hydrogen-bond donors (Lipinski definition) is 1. The van der Waals surface area contributed by atoms with Crippen LogP contribution in [0.3, 0.4) is 0 Å². The topological polar surface area (TPSA) is 64.6 Å². The van der Waals surface area contributed by atoms with Crippen LogP contribution in [0.25, 0.3) is 0 Å². The summed E-state index contributed by atoms with van der Waals surface area (Å²) in [4.78, 5) is 24.1. The van der Waals surface area contributed by atoms with Gasteiger partial charge in [-0.2, -0.15) is 0 Å². The van der Waals surface area contributed by atoms with Crippen LogP contribution in [0.5, 0.6) is 5.75 Å². The fourth-order valence-corrected chi connectivity index (χ4v) is 2.65. The molecule has 0 saturated heterocycles. The lowest BCUT2D eigenvalue weighted by Gasteiger charge is -2.14. The van der Waals surface area contributed by atoms with Crippen LogP contribution >= 0.6 is 0 Å². The zero-order valence-corrected chi connectivity index (χ0v) is 15.2. The maximum Gasteiger partial charge on any atom is 0.313 e. The molecule has 0 aliphatic heterocycles. The summed E-state index contributed by atoms with van der Waals surface area (Å²) in [5, 5.41) is 2.76. The Kier molecular flexibility index (Phi) is 7.68. The van der Waals surface area contributed by atoms with Crippen LogP contribution in [0.15, 0.2) is 54.6 Å². The van der Waals surface area contributed by atoms with Crippen molar-refractivity contribution >= 4 is 11.9 Å². The zero-order chi connectivity index (χ0) is 18.8. The quantitative estimate of drug-likeness (QED) is 0.702. The third-order valence-electron chi connectivity index (χ3n) is 4.14. The highest BCUT2D eigenvalue weighted by Crippen LogP contribution is 2.20. The normalized spacial score (nSPS) is 11.5. The van der Waals surface area contributed by atoms with Gasteiger partial charge in [0.15, 0.2) is 6.61 Å². The molecule has 26 heavy (non-hydrogen) atoms. The van der Waals surface area contributed by atoms with Crippen LogP contribution < -0.4 is 10.1 Å². The van der Waals surface area contributed by atoms with Crippen molar-refractivity contribution in [1.29, 1.82) is 0 Å². The molecule has 0 spiro atoms. The first-order valence-electron chi connectivity index (χ1n) is 8.75. The highest BCUT2D eigenvalue weighted by atomic mass is 16.5. The molecule has 2 rings (SSSR count). The molecule has 1 amide bonds. The third kappa shape index (κ3) is 5.92. The molecular formula is C21H25NO4. The Balaban J connectivity index is 1.72. The second kappa shape index (κ2) is 10.2. The van der Waals surface area contributed by atoms with Crippen LogP contribution in [-0.4, -0.2) is 32.1 Å². The van der Waals surface area contributed by atoms with Gasteiger partial charge in [-0.05, 0) is 36.1 Å². The van der Waals surface area contributed by atoms with E-state index >= 15 is 0 Å². The molecule has 0 aliphatic rings. The number of esters is 1. The third-order valence-corrected chi connectivity index (χ3v) is 4.14. The summed E-state index contributed by atoms with van der Waals surface area (Å²) >= 11 is 0. The van der Waals surface area contributed by atoms with Gasteiger partial charge in [-0.1, -0.05) is 49.4 Å². The summed E-state index contributed by atoms with van der Waals surface area (Å²) in [5.74, 6) is -0.212. The maximum atomic E-state index is 12.2. The van der Waals surface area contributed by atoms with E-state index in [1.54, 1.807) is 7.11 Å². The minimum Gasteiger partial charge on any atom is -0.497 e. The molecule has 0 radical (unpaired) electrons. The van der Waals surface area contributed by atoms with Gasteiger partial charge in [0.05, 0.1) is 13.0 Å². The van der Waals surface area contributed by atoms with E-state index in [9.17, 15) is 9.59 Å². The molecule has 5 heteroatoms. The second-order valence-electron chi connectivity index (χ2n) is 5.93. The van der Waals surface area contributed by atoms with Crippen molar-refractivity contribution in [2.75, 3.05) is 20.3 Å². The Morgan fingerprint density at radius 2 is 1.73 bits per heavy atom. The lowest BCUT2D eigenvalue weighted by molar-refractivity contribution is -0.150. The van der Waals surface area contributed by atoms with Crippen molar-refractivity contribution in [3.63, 3.8) is 0 Å². The van der Waals surface area contributed by atoms with Crippen molar-refractivity contribution < 1.29 is 19.1 Å². The molecule has 0 fully saturated rings. The summed E-state index contributed by atoms with van der Waals surface area (Å²) in [6.07, 6.45) is 1.33. The number of carbonyl (C=O) groups is 2.